The monoisotopic (exact) mass is 372 g/mol. The average molecular weight is 372 g/mol. The lowest BCUT2D eigenvalue weighted by Crippen LogP contribution is -2.42. The van der Waals surface area contributed by atoms with Gasteiger partial charge in [0.1, 0.15) is 5.82 Å². The maximum Gasteiger partial charge on any atom is 0.341 e. The molecule has 7 nitrogen and oxygen atoms in total. The molecule has 2 rings (SSSR count). The van der Waals surface area contributed by atoms with Crippen LogP contribution in [0.2, 0.25) is 0 Å². The molecule has 0 unspecified atom stereocenters. The highest BCUT2D eigenvalue weighted by Gasteiger charge is 2.24. The molecule has 25 heavy (non-hydrogen) atoms. The van der Waals surface area contributed by atoms with Gasteiger partial charge < -0.3 is 10.1 Å². The molecule has 0 aliphatic heterocycles. The van der Waals surface area contributed by atoms with Crippen LogP contribution in [0.5, 0.6) is 0 Å². The number of hydrogen-bond acceptors (Lipinski definition) is 5. The molecule has 3 N–H and O–H groups in total. The van der Waals surface area contributed by atoms with Crippen molar-refractivity contribution in [3.05, 3.63) is 29.6 Å². The average Bonchev–Trinajstić information content (AvgIpc) is 2.54. The lowest BCUT2D eigenvalue weighted by atomic mass is 9.86. The van der Waals surface area contributed by atoms with Crippen molar-refractivity contribution in [3.8, 4) is 0 Å². The number of nitrogens with one attached hydrogen (secondary N) is 1. The Hall–Kier alpha value is -2.00. The number of amides is 1. The van der Waals surface area contributed by atoms with Crippen LogP contribution in [0, 0.1) is 11.7 Å². The highest BCUT2D eigenvalue weighted by atomic mass is 32.2. The molecule has 0 saturated heterocycles. The number of rotatable bonds is 5. The fraction of sp³-hybridized carbons (Fsp3) is 0.500. The van der Waals surface area contributed by atoms with Crippen LogP contribution >= 0.6 is 0 Å². The van der Waals surface area contributed by atoms with E-state index in [1.807, 2.05) is 6.92 Å². The highest BCUT2D eigenvalue weighted by Crippen LogP contribution is 2.23. The van der Waals surface area contributed by atoms with Crippen molar-refractivity contribution in [2.45, 2.75) is 43.5 Å². The number of halogens is 1. The Labute approximate surface area is 145 Å². The fourth-order valence-electron chi connectivity index (χ4n) is 2.83. The normalized spacial score (nSPS) is 20.8. The van der Waals surface area contributed by atoms with Crippen LogP contribution in [0.15, 0.2) is 23.1 Å². The minimum Gasteiger partial charge on any atom is -0.452 e. The summed E-state index contributed by atoms with van der Waals surface area (Å²) >= 11 is 0. The van der Waals surface area contributed by atoms with Crippen molar-refractivity contribution >= 4 is 21.9 Å². The predicted octanol–water partition coefficient (Wildman–Crippen LogP) is 1.32. The molecule has 0 bridgehead atoms. The van der Waals surface area contributed by atoms with Gasteiger partial charge in [0.2, 0.25) is 10.0 Å². The van der Waals surface area contributed by atoms with Crippen LogP contribution in [0.3, 0.4) is 0 Å². The first-order chi connectivity index (χ1) is 11.7. The van der Waals surface area contributed by atoms with Gasteiger partial charge in [-0.05, 0) is 37.0 Å². The van der Waals surface area contributed by atoms with Crippen molar-refractivity contribution in [1.29, 1.82) is 0 Å². The summed E-state index contributed by atoms with van der Waals surface area (Å²) in [5.74, 6) is -2.22. The van der Waals surface area contributed by atoms with Gasteiger partial charge in [0.25, 0.3) is 5.91 Å². The maximum atomic E-state index is 13.7. The van der Waals surface area contributed by atoms with Crippen molar-refractivity contribution in [2.24, 2.45) is 11.1 Å². The highest BCUT2D eigenvalue weighted by molar-refractivity contribution is 7.89. The van der Waals surface area contributed by atoms with Crippen LogP contribution in [0.4, 0.5) is 4.39 Å². The van der Waals surface area contributed by atoms with Gasteiger partial charge in [-0.15, -0.1) is 0 Å². The minimum absolute atomic E-state index is 0.0300. The number of carbonyl (C=O) groups is 2. The molecule has 1 aliphatic rings. The summed E-state index contributed by atoms with van der Waals surface area (Å²) < 4.78 is 41.1. The number of benzene rings is 1. The largest absolute Gasteiger partial charge is 0.452 e. The first-order valence-electron chi connectivity index (χ1n) is 7.97. The van der Waals surface area contributed by atoms with E-state index in [1.165, 1.54) is 0 Å². The molecule has 1 amide bonds. The number of esters is 1. The molecule has 1 aliphatic carbocycles. The molecule has 2 atom stereocenters. The second-order valence-corrected chi connectivity index (χ2v) is 7.76. The SMILES string of the molecule is C[C@@H]1CCCC[C@@H]1NC(=O)COC(=O)c1cc(S(N)(=O)=O)ccc1F. The molecule has 0 spiro atoms. The van der Waals surface area contributed by atoms with Crippen LogP contribution < -0.4 is 10.5 Å². The molecular weight excluding hydrogens is 351 g/mol. The van der Waals surface area contributed by atoms with E-state index < -0.39 is 44.8 Å². The third-order valence-corrected chi connectivity index (χ3v) is 5.19. The maximum absolute atomic E-state index is 13.7. The fourth-order valence-corrected chi connectivity index (χ4v) is 3.37. The Morgan fingerprint density at radius 1 is 1.32 bits per heavy atom. The van der Waals surface area contributed by atoms with Crippen LogP contribution in [-0.2, 0) is 19.6 Å². The van der Waals surface area contributed by atoms with E-state index in [1.54, 1.807) is 0 Å². The van der Waals surface area contributed by atoms with Crippen LogP contribution in [-0.4, -0.2) is 32.9 Å². The summed E-state index contributed by atoms with van der Waals surface area (Å²) in [7, 11) is -4.09. The molecule has 1 aromatic carbocycles. The van der Waals surface area contributed by atoms with Gasteiger partial charge in [-0.2, -0.15) is 0 Å². The first-order valence-corrected chi connectivity index (χ1v) is 9.52. The van der Waals surface area contributed by atoms with Gasteiger partial charge in [-0.25, -0.2) is 22.7 Å². The second kappa shape index (κ2) is 7.92. The van der Waals surface area contributed by atoms with E-state index in [0.29, 0.717) is 5.92 Å². The zero-order chi connectivity index (χ0) is 18.6. The van der Waals surface area contributed by atoms with Gasteiger partial charge in [0.05, 0.1) is 10.5 Å². The summed E-state index contributed by atoms with van der Waals surface area (Å²) in [6.45, 7) is 1.48. The number of sulfonamides is 1. The van der Waals surface area contributed by atoms with Gasteiger partial charge >= 0.3 is 5.97 Å². The Bertz CT molecular complexity index is 766. The van der Waals surface area contributed by atoms with E-state index in [9.17, 15) is 22.4 Å². The summed E-state index contributed by atoms with van der Waals surface area (Å²) in [6, 6.07) is 2.56. The lowest BCUT2D eigenvalue weighted by molar-refractivity contribution is -0.125. The molecule has 0 aromatic heterocycles. The lowest BCUT2D eigenvalue weighted by Gasteiger charge is -2.29. The smallest absolute Gasteiger partial charge is 0.341 e. The van der Waals surface area contributed by atoms with Gasteiger partial charge in [0, 0.05) is 6.04 Å². The molecule has 1 fully saturated rings. The molecule has 1 aromatic rings. The third-order valence-electron chi connectivity index (χ3n) is 4.28. The van der Waals surface area contributed by atoms with Crippen molar-refractivity contribution < 1.29 is 27.1 Å². The number of nitrogens with two attached hydrogens (primary N) is 1. The van der Waals surface area contributed by atoms with Crippen molar-refractivity contribution in [1.82, 2.24) is 5.32 Å². The Morgan fingerprint density at radius 3 is 2.64 bits per heavy atom. The quantitative estimate of drug-likeness (QED) is 0.757. The van der Waals surface area contributed by atoms with Crippen LogP contribution in [0.25, 0.3) is 0 Å². The minimum atomic E-state index is -4.09. The zero-order valence-electron chi connectivity index (χ0n) is 13.8. The Balaban J connectivity index is 1.97. The van der Waals surface area contributed by atoms with Gasteiger partial charge in [-0.3, -0.25) is 4.79 Å². The Kier molecular flexibility index (Phi) is 6.12. The number of ether oxygens (including phenoxy) is 1. The van der Waals surface area contributed by atoms with Gasteiger partial charge in [0.15, 0.2) is 6.61 Å². The number of primary sulfonamides is 1. The predicted molar refractivity (Wildman–Crippen MR) is 87.6 cm³/mol. The zero-order valence-corrected chi connectivity index (χ0v) is 14.6. The summed E-state index contributed by atoms with van der Waals surface area (Å²) in [5.41, 5.74) is -0.592. The molecule has 9 heteroatoms. The molecule has 0 radical (unpaired) electrons. The summed E-state index contributed by atoms with van der Waals surface area (Å²) in [6.07, 6.45) is 4.05. The summed E-state index contributed by atoms with van der Waals surface area (Å²) in [4.78, 5) is 23.4. The molecular formula is C16H21FN2O5S. The van der Waals surface area contributed by atoms with Crippen molar-refractivity contribution in [3.63, 3.8) is 0 Å². The summed E-state index contributed by atoms with van der Waals surface area (Å²) in [5, 5.41) is 7.75. The van der Waals surface area contributed by atoms with Crippen molar-refractivity contribution in [2.75, 3.05) is 6.61 Å². The topological polar surface area (TPSA) is 116 Å². The van der Waals surface area contributed by atoms with E-state index in [4.69, 9.17) is 9.88 Å². The molecule has 1 saturated carbocycles. The van der Waals surface area contributed by atoms with E-state index >= 15 is 0 Å². The standard InChI is InChI=1S/C16H21FN2O5S/c1-10-4-2-3-5-14(10)19-15(20)9-24-16(21)12-8-11(25(18,22)23)6-7-13(12)17/h6-8,10,14H,2-5,9H2,1H3,(H,19,20)(H2,18,22,23)/t10-,14+/m1/s1. The number of hydrogen-bond donors (Lipinski definition) is 2. The molecule has 0 heterocycles. The third kappa shape index (κ3) is 5.23. The molecule has 138 valence electrons. The van der Waals surface area contributed by atoms with E-state index in [2.05, 4.69) is 5.32 Å². The Morgan fingerprint density at radius 2 is 2.00 bits per heavy atom. The second-order valence-electron chi connectivity index (χ2n) is 6.20. The van der Waals surface area contributed by atoms with Crippen LogP contribution in [0.1, 0.15) is 43.0 Å². The van der Waals surface area contributed by atoms with E-state index in [0.717, 1.165) is 43.9 Å². The first kappa shape index (κ1) is 19.3. The van der Waals surface area contributed by atoms with Gasteiger partial charge in [-0.1, -0.05) is 19.8 Å². The number of carbonyl (C=O) groups excluding carboxylic acids is 2. The van der Waals surface area contributed by atoms with E-state index in [-0.39, 0.29) is 6.04 Å².